The van der Waals surface area contributed by atoms with E-state index in [1.165, 1.54) is 11.3 Å². The second-order valence-corrected chi connectivity index (χ2v) is 6.40. The summed E-state index contributed by atoms with van der Waals surface area (Å²) < 4.78 is 6.04. The number of para-hydroxylation sites is 1. The number of halogens is 1. The fraction of sp³-hybridized carbons (Fsp3) is 0.312. The molecule has 2 rings (SSSR count). The summed E-state index contributed by atoms with van der Waals surface area (Å²) in [6.45, 7) is 3.25. The Balaban J connectivity index is 2.06. The summed E-state index contributed by atoms with van der Waals surface area (Å²) in [6.07, 6.45) is 0.344. The summed E-state index contributed by atoms with van der Waals surface area (Å²) in [7, 11) is 1.62. The predicted molar refractivity (Wildman–Crippen MR) is 87.1 cm³/mol. The maximum absolute atomic E-state index is 12.5. The van der Waals surface area contributed by atoms with Gasteiger partial charge in [0.05, 0.1) is 24.4 Å². The summed E-state index contributed by atoms with van der Waals surface area (Å²) in [6, 6.07) is 11.4. The molecule has 1 aromatic heterocycles. The van der Waals surface area contributed by atoms with Crippen LogP contribution in [0, 0.1) is 0 Å². The highest BCUT2D eigenvalue weighted by Gasteiger charge is 2.15. The Hall–Kier alpha value is -1.52. The highest BCUT2D eigenvalue weighted by molar-refractivity contribution is 7.16. The van der Waals surface area contributed by atoms with E-state index in [-0.39, 0.29) is 5.91 Å². The summed E-state index contributed by atoms with van der Waals surface area (Å²) in [5, 5.41) is 0. The van der Waals surface area contributed by atoms with Gasteiger partial charge in [0.2, 0.25) is 5.91 Å². The zero-order chi connectivity index (χ0) is 15.2. The highest BCUT2D eigenvalue weighted by Crippen LogP contribution is 2.23. The zero-order valence-corrected chi connectivity index (χ0v) is 13.7. The van der Waals surface area contributed by atoms with E-state index in [1.54, 1.807) is 7.11 Å². The number of nitrogens with zero attached hydrogens (tertiary/aromatic N) is 1. The molecule has 1 aromatic carbocycles. The lowest BCUT2D eigenvalue weighted by Crippen LogP contribution is -2.31. The molecule has 112 valence electrons. The fourth-order valence-electron chi connectivity index (χ4n) is 2.12. The van der Waals surface area contributed by atoms with Crippen LogP contribution in [0.5, 0.6) is 5.75 Å². The maximum atomic E-state index is 12.5. The lowest BCUT2D eigenvalue weighted by Gasteiger charge is -2.20. The van der Waals surface area contributed by atoms with Crippen molar-refractivity contribution >= 4 is 28.8 Å². The molecule has 3 nitrogen and oxygen atoms in total. The van der Waals surface area contributed by atoms with Crippen molar-refractivity contribution in [1.29, 1.82) is 0 Å². The SMILES string of the molecule is CCN(Cc1ccc(Cl)s1)C(=O)Cc1ccccc1OC. The van der Waals surface area contributed by atoms with Crippen LogP contribution >= 0.6 is 22.9 Å². The van der Waals surface area contributed by atoms with Gasteiger partial charge in [0.15, 0.2) is 0 Å². The lowest BCUT2D eigenvalue weighted by atomic mass is 10.1. The van der Waals surface area contributed by atoms with Crippen molar-refractivity contribution in [3.63, 3.8) is 0 Å². The minimum Gasteiger partial charge on any atom is -0.496 e. The molecule has 0 fully saturated rings. The van der Waals surface area contributed by atoms with Gasteiger partial charge in [0.25, 0.3) is 0 Å². The number of benzene rings is 1. The molecule has 5 heteroatoms. The monoisotopic (exact) mass is 323 g/mol. The summed E-state index contributed by atoms with van der Waals surface area (Å²) >= 11 is 7.44. The molecule has 0 saturated carbocycles. The molecule has 0 atom stereocenters. The lowest BCUT2D eigenvalue weighted by molar-refractivity contribution is -0.130. The van der Waals surface area contributed by atoms with Gasteiger partial charge in [-0.05, 0) is 25.1 Å². The molecule has 0 bridgehead atoms. The number of methoxy groups -OCH3 is 1. The molecule has 1 heterocycles. The molecule has 0 unspecified atom stereocenters. The van der Waals surface area contributed by atoms with Crippen LogP contribution < -0.4 is 4.74 Å². The minimum atomic E-state index is 0.0894. The third kappa shape index (κ3) is 4.22. The Bertz CT molecular complexity index is 612. The van der Waals surface area contributed by atoms with Crippen molar-refractivity contribution in [2.45, 2.75) is 19.9 Å². The molecule has 0 spiro atoms. The summed E-state index contributed by atoms with van der Waals surface area (Å²) in [4.78, 5) is 15.4. The van der Waals surface area contributed by atoms with E-state index >= 15 is 0 Å². The van der Waals surface area contributed by atoms with Crippen LogP contribution in [0.3, 0.4) is 0 Å². The number of carbonyl (C=O) groups excluding carboxylic acids is 1. The van der Waals surface area contributed by atoms with Crippen molar-refractivity contribution in [3.8, 4) is 5.75 Å². The Morgan fingerprint density at radius 1 is 1.29 bits per heavy atom. The van der Waals surface area contributed by atoms with E-state index in [0.717, 1.165) is 20.5 Å². The molecule has 0 N–H and O–H groups in total. The number of amides is 1. The van der Waals surface area contributed by atoms with Gasteiger partial charge in [-0.2, -0.15) is 0 Å². The number of ether oxygens (including phenoxy) is 1. The quantitative estimate of drug-likeness (QED) is 0.804. The number of carbonyl (C=O) groups is 1. The second-order valence-electron chi connectivity index (χ2n) is 4.60. The van der Waals surface area contributed by atoms with Gasteiger partial charge < -0.3 is 9.64 Å². The van der Waals surface area contributed by atoms with Crippen LogP contribution in [0.15, 0.2) is 36.4 Å². The van der Waals surface area contributed by atoms with Crippen LogP contribution in [0.2, 0.25) is 4.34 Å². The Morgan fingerprint density at radius 2 is 2.05 bits per heavy atom. The average molecular weight is 324 g/mol. The van der Waals surface area contributed by atoms with E-state index in [2.05, 4.69) is 0 Å². The number of rotatable bonds is 6. The molecular formula is C16H18ClNO2S. The van der Waals surface area contributed by atoms with Crippen molar-refractivity contribution in [2.24, 2.45) is 0 Å². The molecule has 0 radical (unpaired) electrons. The third-order valence-corrected chi connectivity index (χ3v) is 4.46. The Labute approximate surface area is 134 Å². The van der Waals surface area contributed by atoms with E-state index in [1.807, 2.05) is 48.2 Å². The third-order valence-electron chi connectivity index (χ3n) is 3.24. The molecule has 0 aliphatic heterocycles. The van der Waals surface area contributed by atoms with Gasteiger partial charge in [-0.3, -0.25) is 4.79 Å². The first kappa shape index (κ1) is 15.9. The van der Waals surface area contributed by atoms with Crippen molar-refractivity contribution in [1.82, 2.24) is 4.90 Å². The molecule has 21 heavy (non-hydrogen) atoms. The van der Waals surface area contributed by atoms with Crippen LogP contribution in [0.4, 0.5) is 0 Å². The number of thiophene rings is 1. The zero-order valence-electron chi connectivity index (χ0n) is 12.1. The van der Waals surface area contributed by atoms with Crippen LogP contribution in [0.1, 0.15) is 17.4 Å². The first-order chi connectivity index (χ1) is 10.1. The maximum Gasteiger partial charge on any atom is 0.227 e. The fourth-order valence-corrected chi connectivity index (χ4v) is 3.23. The number of likely N-dealkylation sites (N-methyl/N-ethyl adjacent to an activating group) is 1. The standard InChI is InChI=1S/C16H18ClNO2S/c1-3-18(11-13-8-9-15(17)21-13)16(19)10-12-6-4-5-7-14(12)20-2/h4-9H,3,10-11H2,1-2H3. The topological polar surface area (TPSA) is 29.5 Å². The highest BCUT2D eigenvalue weighted by atomic mass is 35.5. The first-order valence-corrected chi connectivity index (χ1v) is 7.97. The largest absolute Gasteiger partial charge is 0.496 e. The van der Waals surface area contributed by atoms with Gasteiger partial charge in [-0.15, -0.1) is 11.3 Å². The molecule has 0 aliphatic carbocycles. The molecule has 2 aromatic rings. The van der Waals surface area contributed by atoms with Crippen LogP contribution in [-0.2, 0) is 17.8 Å². The van der Waals surface area contributed by atoms with Crippen molar-refractivity contribution in [2.75, 3.05) is 13.7 Å². The Kier molecular flexibility index (Phi) is 5.65. The van der Waals surface area contributed by atoms with Crippen LogP contribution in [0.25, 0.3) is 0 Å². The molecular weight excluding hydrogens is 306 g/mol. The van der Waals surface area contributed by atoms with E-state index < -0.39 is 0 Å². The molecule has 0 aliphatic rings. The smallest absolute Gasteiger partial charge is 0.227 e. The van der Waals surface area contributed by atoms with Gasteiger partial charge in [0, 0.05) is 17.0 Å². The minimum absolute atomic E-state index is 0.0894. The van der Waals surface area contributed by atoms with Crippen molar-refractivity contribution < 1.29 is 9.53 Å². The first-order valence-electron chi connectivity index (χ1n) is 6.78. The second kappa shape index (κ2) is 7.48. The Morgan fingerprint density at radius 3 is 2.67 bits per heavy atom. The number of hydrogen-bond acceptors (Lipinski definition) is 3. The number of hydrogen-bond donors (Lipinski definition) is 0. The predicted octanol–water partition coefficient (Wildman–Crippen LogP) is 4.00. The van der Waals surface area contributed by atoms with Crippen molar-refractivity contribution in [3.05, 3.63) is 51.2 Å². The summed E-state index contributed by atoms with van der Waals surface area (Å²) in [5.41, 5.74) is 0.910. The van der Waals surface area contributed by atoms with E-state index in [9.17, 15) is 4.79 Å². The van der Waals surface area contributed by atoms with Gasteiger partial charge in [0.1, 0.15) is 5.75 Å². The van der Waals surface area contributed by atoms with Crippen LogP contribution in [-0.4, -0.2) is 24.5 Å². The molecule has 1 amide bonds. The average Bonchev–Trinajstić information content (AvgIpc) is 2.90. The van der Waals surface area contributed by atoms with E-state index in [4.69, 9.17) is 16.3 Å². The summed E-state index contributed by atoms with van der Waals surface area (Å²) in [5.74, 6) is 0.840. The molecule has 0 saturated heterocycles. The van der Waals surface area contributed by atoms with E-state index in [0.29, 0.717) is 19.5 Å². The normalized spacial score (nSPS) is 10.4. The van der Waals surface area contributed by atoms with Gasteiger partial charge >= 0.3 is 0 Å². The van der Waals surface area contributed by atoms with Gasteiger partial charge in [-0.25, -0.2) is 0 Å². The van der Waals surface area contributed by atoms with Gasteiger partial charge in [-0.1, -0.05) is 29.8 Å².